The Morgan fingerprint density at radius 1 is 1.26 bits per heavy atom. The molecule has 3 aromatic rings. The van der Waals surface area contributed by atoms with Crippen LogP contribution < -0.4 is 5.32 Å². The van der Waals surface area contributed by atoms with E-state index in [1.165, 1.54) is 11.1 Å². The van der Waals surface area contributed by atoms with Crippen LogP contribution >= 0.6 is 0 Å². The number of carbonyl (C=O) groups is 1. The molecule has 0 fully saturated rings. The fraction of sp³-hybridized carbons (Fsp3) is 0.222. The third kappa shape index (κ3) is 3.59. The van der Waals surface area contributed by atoms with Crippen LogP contribution in [0.25, 0.3) is 11.5 Å². The second-order valence-electron chi connectivity index (χ2n) is 6.21. The molecule has 0 radical (unpaired) electrons. The molecule has 1 aromatic carbocycles. The Labute approximate surface area is 153 Å². The second kappa shape index (κ2) is 6.84. The predicted molar refractivity (Wildman–Crippen MR) is 92.6 cm³/mol. The minimum Gasteiger partial charge on any atom is -0.481 e. The third-order valence-electron chi connectivity index (χ3n) is 4.27. The fourth-order valence-corrected chi connectivity index (χ4v) is 3.06. The molecule has 1 atom stereocenters. The molecule has 0 amide bonds. The number of carboxylic acids is 1. The maximum absolute atomic E-state index is 10.7. The summed E-state index contributed by atoms with van der Waals surface area (Å²) in [5, 5.41) is 28.5. The van der Waals surface area contributed by atoms with E-state index in [1.54, 1.807) is 12.4 Å². The quantitative estimate of drug-likeness (QED) is 0.693. The zero-order valence-corrected chi connectivity index (χ0v) is 14.1. The minimum atomic E-state index is -1.04. The Hall–Kier alpha value is -3.80. The fourth-order valence-electron chi connectivity index (χ4n) is 3.06. The highest BCUT2D eigenvalue weighted by Crippen LogP contribution is 2.25. The monoisotopic (exact) mass is 362 g/mol. The molecule has 1 unspecified atom stereocenters. The van der Waals surface area contributed by atoms with Crippen LogP contribution in [0, 0.1) is 11.3 Å². The Kier molecular flexibility index (Phi) is 4.22. The number of nitriles is 1. The molecule has 4 rings (SSSR count). The SMILES string of the molecule is N#Cc1ccc2c(c1)CC(Nc1ncc(-c3nnc(CC(=O)O)o3)cn1)C2. The Morgan fingerprint density at radius 2 is 2.04 bits per heavy atom. The highest BCUT2D eigenvalue weighted by atomic mass is 16.4. The molecule has 2 N–H and O–H groups in total. The van der Waals surface area contributed by atoms with Crippen LogP contribution in [-0.4, -0.2) is 37.3 Å². The average molecular weight is 362 g/mol. The van der Waals surface area contributed by atoms with E-state index < -0.39 is 5.97 Å². The van der Waals surface area contributed by atoms with E-state index in [-0.39, 0.29) is 24.2 Å². The first-order valence-electron chi connectivity index (χ1n) is 8.26. The van der Waals surface area contributed by atoms with Gasteiger partial charge >= 0.3 is 5.97 Å². The van der Waals surface area contributed by atoms with Crippen molar-refractivity contribution in [3.05, 3.63) is 53.2 Å². The molecular weight excluding hydrogens is 348 g/mol. The number of hydrogen-bond acceptors (Lipinski definition) is 8. The zero-order valence-electron chi connectivity index (χ0n) is 14.1. The van der Waals surface area contributed by atoms with Gasteiger partial charge in [-0.15, -0.1) is 10.2 Å². The first kappa shape index (κ1) is 16.7. The molecule has 9 heteroatoms. The van der Waals surface area contributed by atoms with E-state index in [4.69, 9.17) is 14.8 Å². The summed E-state index contributed by atoms with van der Waals surface area (Å²) in [4.78, 5) is 19.2. The van der Waals surface area contributed by atoms with Crippen molar-refractivity contribution in [3.63, 3.8) is 0 Å². The van der Waals surface area contributed by atoms with Gasteiger partial charge in [-0.25, -0.2) is 9.97 Å². The van der Waals surface area contributed by atoms with Crippen LogP contribution in [0.1, 0.15) is 22.6 Å². The van der Waals surface area contributed by atoms with E-state index in [0.29, 0.717) is 17.1 Å². The van der Waals surface area contributed by atoms with Gasteiger partial charge < -0.3 is 14.8 Å². The summed E-state index contributed by atoms with van der Waals surface area (Å²) >= 11 is 0. The van der Waals surface area contributed by atoms with Crippen molar-refractivity contribution in [1.29, 1.82) is 5.26 Å². The van der Waals surface area contributed by atoms with Crippen molar-refractivity contribution in [3.8, 4) is 17.5 Å². The number of aliphatic carboxylic acids is 1. The smallest absolute Gasteiger partial charge is 0.312 e. The van der Waals surface area contributed by atoms with Gasteiger partial charge in [0.2, 0.25) is 11.8 Å². The Bertz CT molecular complexity index is 1040. The molecule has 0 spiro atoms. The van der Waals surface area contributed by atoms with Gasteiger partial charge in [0.25, 0.3) is 5.89 Å². The zero-order chi connectivity index (χ0) is 18.8. The van der Waals surface area contributed by atoms with Crippen molar-refractivity contribution in [2.24, 2.45) is 0 Å². The van der Waals surface area contributed by atoms with E-state index in [2.05, 4.69) is 31.6 Å². The number of anilines is 1. The number of hydrogen-bond donors (Lipinski definition) is 2. The van der Waals surface area contributed by atoms with Gasteiger partial charge in [0.15, 0.2) is 0 Å². The van der Waals surface area contributed by atoms with E-state index in [0.717, 1.165) is 12.8 Å². The molecular formula is C18H14N6O3. The number of aromatic nitrogens is 4. The normalized spacial score (nSPS) is 15.1. The molecule has 0 saturated heterocycles. The highest BCUT2D eigenvalue weighted by Gasteiger charge is 2.22. The highest BCUT2D eigenvalue weighted by molar-refractivity contribution is 5.68. The molecule has 2 aromatic heterocycles. The number of carboxylic acid groups (broad SMARTS) is 1. The molecule has 1 aliphatic carbocycles. The molecule has 134 valence electrons. The van der Waals surface area contributed by atoms with E-state index in [1.807, 2.05) is 18.2 Å². The topological polar surface area (TPSA) is 138 Å². The Morgan fingerprint density at radius 3 is 2.78 bits per heavy atom. The lowest BCUT2D eigenvalue weighted by Crippen LogP contribution is -2.20. The van der Waals surface area contributed by atoms with Crippen molar-refractivity contribution >= 4 is 11.9 Å². The van der Waals surface area contributed by atoms with Crippen LogP contribution in [0.3, 0.4) is 0 Å². The number of nitrogens with zero attached hydrogens (tertiary/aromatic N) is 5. The van der Waals surface area contributed by atoms with Crippen LogP contribution in [0.2, 0.25) is 0 Å². The number of fused-ring (bicyclic) bond motifs is 1. The van der Waals surface area contributed by atoms with Crippen molar-refractivity contribution < 1.29 is 14.3 Å². The molecule has 0 bridgehead atoms. The van der Waals surface area contributed by atoms with Gasteiger partial charge in [0.05, 0.1) is 17.2 Å². The van der Waals surface area contributed by atoms with Gasteiger partial charge in [0, 0.05) is 18.4 Å². The van der Waals surface area contributed by atoms with Gasteiger partial charge in [-0.3, -0.25) is 4.79 Å². The first-order valence-corrected chi connectivity index (χ1v) is 8.26. The molecule has 27 heavy (non-hydrogen) atoms. The Balaban J connectivity index is 1.42. The van der Waals surface area contributed by atoms with Crippen molar-refractivity contribution in [2.45, 2.75) is 25.3 Å². The summed E-state index contributed by atoms with van der Waals surface area (Å²) in [6.45, 7) is 0. The van der Waals surface area contributed by atoms with Gasteiger partial charge in [-0.2, -0.15) is 5.26 Å². The third-order valence-corrected chi connectivity index (χ3v) is 4.27. The summed E-state index contributed by atoms with van der Waals surface area (Å²) in [7, 11) is 0. The largest absolute Gasteiger partial charge is 0.481 e. The van der Waals surface area contributed by atoms with Crippen LogP contribution in [-0.2, 0) is 24.1 Å². The molecule has 9 nitrogen and oxygen atoms in total. The summed E-state index contributed by atoms with van der Waals surface area (Å²) in [6.07, 6.45) is 4.41. The average Bonchev–Trinajstić information content (AvgIpc) is 3.27. The molecule has 1 aliphatic rings. The minimum absolute atomic E-state index is 0.0279. The van der Waals surface area contributed by atoms with Crippen molar-refractivity contribution in [2.75, 3.05) is 5.32 Å². The number of rotatable bonds is 5. The lowest BCUT2D eigenvalue weighted by molar-refractivity contribution is -0.136. The van der Waals surface area contributed by atoms with Crippen LogP contribution in [0.15, 0.2) is 35.0 Å². The standard InChI is InChI=1S/C18H14N6O3/c19-7-10-1-2-11-4-14(5-12(11)3-10)22-18-20-8-13(9-21-18)17-24-23-15(27-17)6-16(25)26/h1-3,8-9,14H,4-6H2,(H,25,26)(H,20,21,22). The van der Waals surface area contributed by atoms with Crippen LogP contribution in [0.5, 0.6) is 0 Å². The molecule has 2 heterocycles. The van der Waals surface area contributed by atoms with Gasteiger partial charge in [0.1, 0.15) is 6.42 Å². The number of nitrogens with one attached hydrogen (secondary N) is 1. The van der Waals surface area contributed by atoms with Gasteiger partial charge in [-0.05, 0) is 36.1 Å². The summed E-state index contributed by atoms with van der Waals surface area (Å²) in [6, 6.07) is 8.06. The van der Waals surface area contributed by atoms with Crippen molar-refractivity contribution in [1.82, 2.24) is 20.2 Å². The molecule has 0 saturated carbocycles. The summed E-state index contributed by atoms with van der Waals surface area (Å²) < 4.78 is 5.29. The lowest BCUT2D eigenvalue weighted by Gasteiger charge is -2.11. The van der Waals surface area contributed by atoms with E-state index in [9.17, 15) is 4.79 Å². The van der Waals surface area contributed by atoms with Gasteiger partial charge in [-0.1, -0.05) is 6.07 Å². The maximum atomic E-state index is 10.7. The first-order chi connectivity index (χ1) is 13.1. The molecule has 0 aliphatic heterocycles. The predicted octanol–water partition coefficient (Wildman–Crippen LogP) is 1.60. The maximum Gasteiger partial charge on any atom is 0.312 e. The lowest BCUT2D eigenvalue weighted by atomic mass is 10.1. The number of benzene rings is 1. The second-order valence-corrected chi connectivity index (χ2v) is 6.21. The van der Waals surface area contributed by atoms with Crippen LogP contribution in [0.4, 0.5) is 5.95 Å². The summed E-state index contributed by atoms with van der Waals surface area (Å²) in [5.41, 5.74) is 3.56. The summed E-state index contributed by atoms with van der Waals surface area (Å²) in [5.74, 6) is -0.363. The van der Waals surface area contributed by atoms with E-state index >= 15 is 0 Å².